The van der Waals surface area contributed by atoms with Gasteiger partial charge in [-0.2, -0.15) is 0 Å². The smallest absolute Gasteiger partial charge is 0.269 e. The van der Waals surface area contributed by atoms with Gasteiger partial charge in [-0.15, -0.1) is 10.2 Å². The first-order chi connectivity index (χ1) is 6.66. The molecule has 0 bridgehead atoms. The molecule has 6 heteroatoms. The fourth-order valence-electron chi connectivity index (χ4n) is 1.33. The third kappa shape index (κ3) is 1.51. The van der Waals surface area contributed by atoms with Gasteiger partial charge in [0.05, 0.1) is 0 Å². The molecule has 6 nitrogen and oxygen atoms in total. The van der Waals surface area contributed by atoms with E-state index in [0.29, 0.717) is 0 Å². The van der Waals surface area contributed by atoms with Crippen molar-refractivity contribution < 1.29 is 4.79 Å². The van der Waals surface area contributed by atoms with Crippen molar-refractivity contribution in [2.24, 2.45) is 11.5 Å². The molecule has 1 saturated heterocycles. The third-order valence-electron chi connectivity index (χ3n) is 2.14. The largest absolute Gasteiger partial charge is 0.364 e. The van der Waals surface area contributed by atoms with Crippen LogP contribution in [0.3, 0.4) is 0 Å². The minimum absolute atomic E-state index is 0.179. The summed E-state index contributed by atoms with van der Waals surface area (Å²) in [6.07, 6.45) is 0. The van der Waals surface area contributed by atoms with Crippen LogP contribution in [0.2, 0.25) is 0 Å². The molecule has 1 aromatic heterocycles. The minimum Gasteiger partial charge on any atom is -0.364 e. The fraction of sp³-hybridized carbons (Fsp3) is 0.375. The lowest BCUT2D eigenvalue weighted by molar-refractivity contribution is 0.0994. The lowest BCUT2D eigenvalue weighted by Gasteiger charge is -2.37. The molecule has 2 heterocycles. The van der Waals surface area contributed by atoms with E-state index >= 15 is 0 Å². The van der Waals surface area contributed by atoms with E-state index in [0.717, 1.165) is 18.9 Å². The van der Waals surface area contributed by atoms with Crippen LogP contribution in [0.25, 0.3) is 0 Å². The molecule has 4 N–H and O–H groups in total. The highest BCUT2D eigenvalue weighted by Crippen LogP contribution is 2.15. The molecule has 0 unspecified atom stereocenters. The molecule has 1 fully saturated rings. The van der Waals surface area contributed by atoms with Crippen molar-refractivity contribution in [1.82, 2.24) is 10.2 Å². The van der Waals surface area contributed by atoms with Gasteiger partial charge in [-0.05, 0) is 12.1 Å². The normalized spacial score (nSPS) is 16.5. The maximum Gasteiger partial charge on any atom is 0.269 e. The first-order valence-electron chi connectivity index (χ1n) is 4.31. The van der Waals surface area contributed by atoms with E-state index < -0.39 is 5.91 Å². The van der Waals surface area contributed by atoms with E-state index in [4.69, 9.17) is 11.5 Å². The Bertz CT molecular complexity index is 343. The van der Waals surface area contributed by atoms with Crippen LogP contribution in [0.1, 0.15) is 10.5 Å². The maximum absolute atomic E-state index is 10.7. The number of amides is 1. The summed E-state index contributed by atoms with van der Waals surface area (Å²) in [6, 6.07) is 3.50. The molecule has 74 valence electrons. The Morgan fingerprint density at radius 1 is 1.43 bits per heavy atom. The van der Waals surface area contributed by atoms with Crippen LogP contribution in [0, 0.1) is 0 Å². The number of nitrogens with zero attached hydrogens (tertiary/aromatic N) is 3. The lowest BCUT2D eigenvalue weighted by atomic mass is 10.1. The molecule has 0 aliphatic carbocycles. The first kappa shape index (κ1) is 8.89. The summed E-state index contributed by atoms with van der Waals surface area (Å²) in [6.45, 7) is 1.56. The lowest BCUT2D eigenvalue weighted by Crippen LogP contribution is -2.56. The molecule has 0 radical (unpaired) electrons. The Morgan fingerprint density at radius 3 is 2.57 bits per heavy atom. The monoisotopic (exact) mass is 193 g/mol. The van der Waals surface area contributed by atoms with E-state index in [1.165, 1.54) is 0 Å². The van der Waals surface area contributed by atoms with E-state index in [2.05, 4.69) is 10.2 Å². The molecular weight excluding hydrogens is 182 g/mol. The van der Waals surface area contributed by atoms with Crippen LogP contribution in [0.5, 0.6) is 0 Å². The average molecular weight is 193 g/mol. The van der Waals surface area contributed by atoms with Crippen LogP contribution < -0.4 is 16.4 Å². The number of hydrogen-bond donors (Lipinski definition) is 2. The van der Waals surface area contributed by atoms with Crippen LogP contribution >= 0.6 is 0 Å². The van der Waals surface area contributed by atoms with E-state index in [1.54, 1.807) is 12.1 Å². The van der Waals surface area contributed by atoms with E-state index in [-0.39, 0.29) is 11.7 Å². The van der Waals surface area contributed by atoms with Crippen LogP contribution in [0.15, 0.2) is 12.1 Å². The number of aromatic nitrogens is 2. The highest BCUT2D eigenvalue weighted by Gasteiger charge is 2.24. The van der Waals surface area contributed by atoms with Gasteiger partial charge in [0, 0.05) is 19.1 Å². The zero-order chi connectivity index (χ0) is 10.1. The first-order valence-corrected chi connectivity index (χ1v) is 4.31. The molecule has 1 amide bonds. The molecule has 0 atom stereocenters. The number of carbonyl (C=O) groups is 1. The van der Waals surface area contributed by atoms with Crippen molar-refractivity contribution >= 4 is 11.7 Å². The third-order valence-corrected chi connectivity index (χ3v) is 2.14. The number of rotatable bonds is 2. The van der Waals surface area contributed by atoms with Crippen molar-refractivity contribution in [2.75, 3.05) is 18.0 Å². The zero-order valence-electron chi connectivity index (χ0n) is 7.55. The van der Waals surface area contributed by atoms with Gasteiger partial charge < -0.3 is 16.4 Å². The predicted octanol–water partition coefficient (Wildman–Crippen LogP) is -1.28. The fourth-order valence-corrected chi connectivity index (χ4v) is 1.33. The second kappa shape index (κ2) is 3.22. The topological polar surface area (TPSA) is 98.1 Å². The number of anilines is 1. The molecule has 1 aliphatic rings. The number of primary amides is 1. The highest BCUT2D eigenvalue weighted by molar-refractivity contribution is 5.90. The van der Waals surface area contributed by atoms with Crippen molar-refractivity contribution in [3.63, 3.8) is 0 Å². The van der Waals surface area contributed by atoms with Crippen molar-refractivity contribution in [3.8, 4) is 0 Å². The Hall–Kier alpha value is -1.69. The molecular formula is C8H11N5O. The van der Waals surface area contributed by atoms with E-state index in [1.807, 2.05) is 4.90 Å². The van der Waals surface area contributed by atoms with Crippen LogP contribution in [0.4, 0.5) is 5.82 Å². The van der Waals surface area contributed by atoms with Gasteiger partial charge in [0.25, 0.3) is 5.91 Å². The predicted molar refractivity (Wildman–Crippen MR) is 50.7 cm³/mol. The summed E-state index contributed by atoms with van der Waals surface area (Å²) in [7, 11) is 0. The summed E-state index contributed by atoms with van der Waals surface area (Å²) in [5, 5.41) is 7.58. The molecule has 1 aliphatic heterocycles. The summed E-state index contributed by atoms with van der Waals surface area (Å²) < 4.78 is 0. The summed E-state index contributed by atoms with van der Waals surface area (Å²) in [5.41, 5.74) is 10.8. The second-order valence-corrected chi connectivity index (χ2v) is 3.31. The Labute approximate surface area is 80.9 Å². The SMILES string of the molecule is NC(=O)c1ccc(N2CC(N)C2)nn1. The van der Waals surface area contributed by atoms with Crippen LogP contribution in [-0.4, -0.2) is 35.2 Å². The standard InChI is InChI=1S/C8H11N5O/c9-5-3-13(4-5)7-2-1-6(8(10)14)11-12-7/h1-2,5H,3-4,9H2,(H2,10,14). The molecule has 2 rings (SSSR count). The summed E-state index contributed by atoms with van der Waals surface area (Å²) >= 11 is 0. The molecule has 14 heavy (non-hydrogen) atoms. The molecule has 0 saturated carbocycles. The van der Waals surface area contributed by atoms with Crippen molar-refractivity contribution in [2.45, 2.75) is 6.04 Å². The van der Waals surface area contributed by atoms with Gasteiger partial charge in [-0.1, -0.05) is 0 Å². The van der Waals surface area contributed by atoms with E-state index in [9.17, 15) is 4.79 Å². The van der Waals surface area contributed by atoms with Gasteiger partial charge in [0.2, 0.25) is 0 Å². The second-order valence-electron chi connectivity index (χ2n) is 3.31. The number of nitrogens with two attached hydrogens (primary N) is 2. The Morgan fingerprint density at radius 2 is 2.14 bits per heavy atom. The molecule has 1 aromatic rings. The minimum atomic E-state index is -0.565. The quantitative estimate of drug-likeness (QED) is 0.609. The average Bonchev–Trinajstić information content (AvgIpc) is 2.13. The zero-order valence-corrected chi connectivity index (χ0v) is 7.55. The number of carbonyl (C=O) groups excluding carboxylic acids is 1. The summed E-state index contributed by atoms with van der Waals surface area (Å²) in [4.78, 5) is 12.7. The van der Waals surface area contributed by atoms with Gasteiger partial charge in [0.1, 0.15) is 0 Å². The Kier molecular flexibility index (Phi) is 2.05. The van der Waals surface area contributed by atoms with Gasteiger partial charge in [-0.3, -0.25) is 4.79 Å². The van der Waals surface area contributed by atoms with Crippen molar-refractivity contribution in [3.05, 3.63) is 17.8 Å². The maximum atomic E-state index is 10.7. The van der Waals surface area contributed by atoms with Gasteiger partial charge in [-0.25, -0.2) is 0 Å². The molecule has 0 spiro atoms. The van der Waals surface area contributed by atoms with Crippen molar-refractivity contribution in [1.29, 1.82) is 0 Å². The highest BCUT2D eigenvalue weighted by atomic mass is 16.1. The number of hydrogen-bond acceptors (Lipinski definition) is 5. The van der Waals surface area contributed by atoms with Crippen LogP contribution in [-0.2, 0) is 0 Å². The summed E-state index contributed by atoms with van der Waals surface area (Å²) in [5.74, 6) is 0.168. The van der Waals surface area contributed by atoms with Gasteiger partial charge >= 0.3 is 0 Å². The van der Waals surface area contributed by atoms with Gasteiger partial charge in [0.15, 0.2) is 11.5 Å². The Balaban J connectivity index is 2.10. The molecule has 0 aromatic carbocycles.